The second-order valence-corrected chi connectivity index (χ2v) is 11.7. The number of nitrogens with zero attached hydrogens (tertiary/aromatic N) is 1. The molecule has 2 N–H and O–H groups in total. The summed E-state index contributed by atoms with van der Waals surface area (Å²) in [6, 6.07) is 8.09. The van der Waals surface area contributed by atoms with E-state index in [0.717, 1.165) is 38.0 Å². The number of ether oxygens (including phenoxy) is 1. The van der Waals surface area contributed by atoms with E-state index in [0.29, 0.717) is 18.8 Å². The summed E-state index contributed by atoms with van der Waals surface area (Å²) >= 11 is 0. The number of sulfone groups is 1. The van der Waals surface area contributed by atoms with E-state index in [1.165, 1.54) is 37.4 Å². The third-order valence-corrected chi connectivity index (χ3v) is 7.76. The van der Waals surface area contributed by atoms with Crippen LogP contribution in [0.3, 0.4) is 0 Å². The van der Waals surface area contributed by atoms with Gasteiger partial charge in [0, 0.05) is 19.3 Å². The van der Waals surface area contributed by atoms with E-state index >= 15 is 0 Å². The molecule has 2 aromatic rings. The van der Waals surface area contributed by atoms with E-state index < -0.39 is 25.8 Å². The van der Waals surface area contributed by atoms with Crippen molar-refractivity contribution in [2.45, 2.75) is 49.3 Å². The summed E-state index contributed by atoms with van der Waals surface area (Å²) < 4.78 is 57.6. The van der Waals surface area contributed by atoms with Crippen LogP contribution in [-0.2, 0) is 19.9 Å². The smallest absolute Gasteiger partial charge is 0.335 e. The van der Waals surface area contributed by atoms with Gasteiger partial charge < -0.3 is 14.7 Å². The molecule has 0 atom stereocenters. The highest BCUT2D eigenvalue weighted by atomic mass is 32.2. The SMILES string of the molecule is CCCCN(CCCC)c1cc(C(=O)O)cc(S(=O)(=O)NC)c1Oc1ccc(S(C)(=O)=O)cc1. The molecule has 0 radical (unpaired) electrons. The van der Waals surface area contributed by atoms with E-state index in [2.05, 4.69) is 4.72 Å². The number of carboxylic acid groups (broad SMARTS) is 1. The Balaban J connectivity index is 2.76. The van der Waals surface area contributed by atoms with Crippen LogP contribution in [0.25, 0.3) is 0 Å². The van der Waals surface area contributed by atoms with Crippen molar-refractivity contribution in [3.63, 3.8) is 0 Å². The molecule has 0 spiro atoms. The maximum absolute atomic E-state index is 12.9. The Bertz CT molecular complexity index is 1200. The van der Waals surface area contributed by atoms with E-state index in [1.54, 1.807) is 0 Å². The molecule has 0 aliphatic carbocycles. The normalized spacial score (nSPS) is 11.9. The van der Waals surface area contributed by atoms with Crippen LogP contribution >= 0.6 is 0 Å². The lowest BCUT2D eigenvalue weighted by molar-refractivity contribution is 0.0696. The van der Waals surface area contributed by atoms with Crippen molar-refractivity contribution in [2.24, 2.45) is 0 Å². The molecular weight excluding hydrogens is 480 g/mol. The summed E-state index contributed by atoms with van der Waals surface area (Å²) in [5.41, 5.74) is 0.171. The Morgan fingerprint density at radius 2 is 1.56 bits per heavy atom. The highest BCUT2D eigenvalue weighted by Crippen LogP contribution is 2.40. The predicted molar refractivity (Wildman–Crippen MR) is 131 cm³/mol. The highest BCUT2D eigenvalue weighted by Gasteiger charge is 2.27. The largest absolute Gasteiger partial charge is 0.478 e. The molecule has 0 saturated heterocycles. The molecule has 0 aromatic heterocycles. The fourth-order valence-electron chi connectivity index (χ4n) is 3.28. The van der Waals surface area contributed by atoms with Gasteiger partial charge >= 0.3 is 5.97 Å². The van der Waals surface area contributed by atoms with Gasteiger partial charge in [-0.2, -0.15) is 0 Å². The Labute approximate surface area is 201 Å². The van der Waals surface area contributed by atoms with Crippen LogP contribution in [0.15, 0.2) is 46.2 Å². The zero-order chi connectivity index (χ0) is 25.5. The number of carboxylic acids is 1. The molecule has 0 fully saturated rings. The zero-order valence-corrected chi connectivity index (χ0v) is 21.5. The molecule has 11 heteroatoms. The number of unbranched alkanes of at least 4 members (excludes halogenated alkanes) is 2. The highest BCUT2D eigenvalue weighted by molar-refractivity contribution is 7.90. The number of hydrogen-bond donors (Lipinski definition) is 2. The van der Waals surface area contributed by atoms with Crippen molar-refractivity contribution >= 4 is 31.5 Å². The van der Waals surface area contributed by atoms with Crippen LogP contribution in [0.1, 0.15) is 49.9 Å². The third-order valence-electron chi connectivity index (χ3n) is 5.22. The van der Waals surface area contributed by atoms with Gasteiger partial charge in [-0.1, -0.05) is 26.7 Å². The van der Waals surface area contributed by atoms with Crippen molar-refractivity contribution in [1.29, 1.82) is 0 Å². The van der Waals surface area contributed by atoms with Gasteiger partial charge in [0.25, 0.3) is 0 Å². The quantitative estimate of drug-likeness (QED) is 0.413. The van der Waals surface area contributed by atoms with E-state index in [9.17, 15) is 26.7 Å². The lowest BCUT2D eigenvalue weighted by atomic mass is 10.1. The zero-order valence-electron chi connectivity index (χ0n) is 19.9. The number of carbonyl (C=O) groups is 1. The molecule has 0 heterocycles. The summed E-state index contributed by atoms with van der Waals surface area (Å²) in [5.74, 6) is -1.06. The first-order valence-corrected chi connectivity index (χ1v) is 14.4. The van der Waals surface area contributed by atoms with Gasteiger partial charge in [0.1, 0.15) is 10.6 Å². The van der Waals surface area contributed by atoms with E-state index in [-0.39, 0.29) is 26.9 Å². The van der Waals surface area contributed by atoms with Gasteiger partial charge in [0.15, 0.2) is 15.6 Å². The molecule has 0 saturated carbocycles. The summed E-state index contributed by atoms with van der Waals surface area (Å²) in [5, 5.41) is 9.66. The number of anilines is 1. The van der Waals surface area contributed by atoms with Crippen LogP contribution in [0.5, 0.6) is 11.5 Å². The second-order valence-electron chi connectivity index (χ2n) is 7.88. The van der Waals surface area contributed by atoms with Crippen molar-refractivity contribution in [1.82, 2.24) is 4.72 Å². The standard InChI is InChI=1S/C23H32N2O7S2/c1-5-7-13-25(14-8-6-2)20-15-17(23(26)27)16-21(34(30,31)24-3)22(20)32-18-9-11-19(12-10-18)33(4,28)29/h9-12,15-16,24H,5-8,13-14H2,1-4H3,(H,26,27). The molecule has 2 aromatic carbocycles. The van der Waals surface area contributed by atoms with Crippen molar-refractivity contribution < 1.29 is 31.5 Å². The van der Waals surface area contributed by atoms with Crippen LogP contribution in [0.4, 0.5) is 5.69 Å². The molecule has 0 aliphatic heterocycles. The average molecular weight is 513 g/mol. The molecule has 0 amide bonds. The number of aromatic carboxylic acids is 1. The average Bonchev–Trinajstić information content (AvgIpc) is 2.79. The minimum absolute atomic E-state index is 0.0151. The van der Waals surface area contributed by atoms with Crippen LogP contribution < -0.4 is 14.4 Å². The van der Waals surface area contributed by atoms with Crippen molar-refractivity contribution in [2.75, 3.05) is 31.3 Å². The number of hydrogen-bond acceptors (Lipinski definition) is 7. The Kier molecular flexibility index (Phi) is 9.48. The molecule has 0 unspecified atom stereocenters. The first kappa shape index (κ1) is 27.6. The van der Waals surface area contributed by atoms with Gasteiger partial charge in [-0.15, -0.1) is 0 Å². The third kappa shape index (κ3) is 6.94. The number of sulfonamides is 1. The van der Waals surface area contributed by atoms with Crippen molar-refractivity contribution in [3.05, 3.63) is 42.0 Å². The lowest BCUT2D eigenvalue weighted by Crippen LogP contribution is -2.28. The van der Waals surface area contributed by atoms with Crippen LogP contribution in [-0.4, -0.2) is 54.3 Å². The predicted octanol–water partition coefficient (Wildman–Crippen LogP) is 3.90. The molecule has 0 bridgehead atoms. The molecule has 2 rings (SSSR count). The fraction of sp³-hybridized carbons (Fsp3) is 0.435. The number of benzene rings is 2. The molecule has 0 aliphatic rings. The van der Waals surface area contributed by atoms with E-state index in [1.807, 2.05) is 18.7 Å². The van der Waals surface area contributed by atoms with Gasteiger partial charge in [-0.25, -0.2) is 26.4 Å². The molecule has 9 nitrogen and oxygen atoms in total. The van der Waals surface area contributed by atoms with Gasteiger partial charge in [0.05, 0.1) is 16.1 Å². The van der Waals surface area contributed by atoms with Gasteiger partial charge in [-0.05, 0) is 56.3 Å². The number of rotatable bonds is 13. The second kappa shape index (κ2) is 11.7. The monoisotopic (exact) mass is 512 g/mol. The maximum Gasteiger partial charge on any atom is 0.335 e. The Hall–Kier alpha value is -2.63. The minimum Gasteiger partial charge on any atom is -0.478 e. The molecule has 188 valence electrons. The van der Waals surface area contributed by atoms with Crippen LogP contribution in [0.2, 0.25) is 0 Å². The van der Waals surface area contributed by atoms with Gasteiger partial charge in [-0.3, -0.25) is 0 Å². The van der Waals surface area contributed by atoms with Crippen LogP contribution in [0, 0.1) is 0 Å². The minimum atomic E-state index is -4.09. The summed E-state index contributed by atoms with van der Waals surface area (Å²) in [4.78, 5) is 13.6. The molecular formula is C23H32N2O7S2. The fourth-order valence-corrected chi connectivity index (χ4v) is 4.80. The summed E-state index contributed by atoms with van der Waals surface area (Å²) in [7, 11) is -6.28. The van der Waals surface area contributed by atoms with Crippen molar-refractivity contribution in [3.8, 4) is 11.5 Å². The Morgan fingerprint density at radius 1 is 1.00 bits per heavy atom. The maximum atomic E-state index is 12.9. The molecule has 34 heavy (non-hydrogen) atoms. The first-order chi connectivity index (χ1) is 15.9. The first-order valence-electron chi connectivity index (χ1n) is 11.0. The topological polar surface area (TPSA) is 130 Å². The number of nitrogens with one attached hydrogen (secondary N) is 1. The summed E-state index contributed by atoms with van der Waals surface area (Å²) in [6.07, 6.45) is 4.51. The lowest BCUT2D eigenvalue weighted by Gasteiger charge is -2.28. The van der Waals surface area contributed by atoms with Gasteiger partial charge in [0.2, 0.25) is 10.0 Å². The Morgan fingerprint density at radius 3 is 2.00 bits per heavy atom. The summed E-state index contributed by atoms with van der Waals surface area (Å²) in [6.45, 7) is 5.23. The van der Waals surface area contributed by atoms with E-state index in [4.69, 9.17) is 4.74 Å².